The van der Waals surface area contributed by atoms with Gasteiger partial charge in [-0.25, -0.2) is 0 Å². The van der Waals surface area contributed by atoms with Crippen LogP contribution in [0.15, 0.2) is 48.5 Å². The lowest BCUT2D eigenvalue weighted by atomic mass is 9.92. The van der Waals surface area contributed by atoms with Gasteiger partial charge in [-0.3, -0.25) is 14.4 Å². The molecule has 0 aliphatic rings. The molecule has 5 nitrogen and oxygen atoms in total. The molecule has 0 saturated heterocycles. The zero-order chi connectivity index (χ0) is 19.8. The van der Waals surface area contributed by atoms with Crippen LogP contribution in [0.1, 0.15) is 38.2 Å². The molecule has 2 atom stereocenters. The summed E-state index contributed by atoms with van der Waals surface area (Å²) in [7, 11) is 0. The summed E-state index contributed by atoms with van der Waals surface area (Å²) in [6.45, 7) is 1.93. The molecular weight excluding hydrogens is 344 g/mol. The Bertz CT molecular complexity index is 853. The summed E-state index contributed by atoms with van der Waals surface area (Å²) in [6, 6.07) is 14.3. The first-order chi connectivity index (χ1) is 12.8. The molecule has 0 radical (unpaired) electrons. The summed E-state index contributed by atoms with van der Waals surface area (Å²) in [5, 5.41) is 20.1. The highest BCUT2D eigenvalue weighted by atomic mass is 16.4. The SMILES string of the molecule is C[C@@H](C/C=C/c1ccc2ccccc2c1)CC(=O)C[C@@H](CC(=O)O)C(=O)O. The molecule has 0 spiro atoms. The van der Waals surface area contributed by atoms with Crippen molar-refractivity contribution >= 4 is 34.6 Å². The van der Waals surface area contributed by atoms with Crippen LogP contribution in [0.4, 0.5) is 0 Å². The fourth-order valence-electron chi connectivity index (χ4n) is 3.04. The molecule has 2 aromatic carbocycles. The van der Waals surface area contributed by atoms with Gasteiger partial charge in [0.05, 0.1) is 12.3 Å². The average Bonchev–Trinajstić information content (AvgIpc) is 2.60. The second kappa shape index (κ2) is 9.67. The first-order valence-electron chi connectivity index (χ1n) is 8.96. The van der Waals surface area contributed by atoms with Crippen LogP contribution in [-0.2, 0) is 14.4 Å². The van der Waals surface area contributed by atoms with Crippen LogP contribution in [0.2, 0.25) is 0 Å². The number of allylic oxidation sites excluding steroid dienone is 1. The van der Waals surface area contributed by atoms with Gasteiger partial charge in [0.2, 0.25) is 0 Å². The van der Waals surface area contributed by atoms with E-state index in [1.165, 1.54) is 10.8 Å². The van der Waals surface area contributed by atoms with Crippen molar-refractivity contribution in [1.29, 1.82) is 0 Å². The first-order valence-corrected chi connectivity index (χ1v) is 8.96. The van der Waals surface area contributed by atoms with E-state index in [9.17, 15) is 14.4 Å². The van der Waals surface area contributed by atoms with E-state index in [1.54, 1.807) is 0 Å². The number of ketones is 1. The van der Waals surface area contributed by atoms with E-state index in [2.05, 4.69) is 24.3 Å². The van der Waals surface area contributed by atoms with E-state index < -0.39 is 24.3 Å². The molecule has 0 aliphatic carbocycles. The van der Waals surface area contributed by atoms with E-state index in [1.807, 2.05) is 37.3 Å². The lowest BCUT2D eigenvalue weighted by Gasteiger charge is -2.11. The summed E-state index contributed by atoms with van der Waals surface area (Å²) in [6.07, 6.45) is 4.18. The molecule has 0 fully saturated rings. The number of Topliss-reactive ketones (excluding diaryl/α,β-unsaturated/α-hetero) is 1. The molecule has 0 heterocycles. The topological polar surface area (TPSA) is 91.7 Å². The summed E-state index contributed by atoms with van der Waals surface area (Å²) in [5.74, 6) is -3.75. The fourth-order valence-corrected chi connectivity index (χ4v) is 3.04. The van der Waals surface area contributed by atoms with Crippen molar-refractivity contribution in [1.82, 2.24) is 0 Å². The first kappa shape index (κ1) is 20.4. The van der Waals surface area contributed by atoms with E-state index in [4.69, 9.17) is 10.2 Å². The highest BCUT2D eigenvalue weighted by Gasteiger charge is 2.24. The summed E-state index contributed by atoms with van der Waals surface area (Å²) >= 11 is 0. The highest BCUT2D eigenvalue weighted by Crippen LogP contribution is 2.19. The predicted octanol–water partition coefficient (Wildman–Crippen LogP) is 4.40. The van der Waals surface area contributed by atoms with Crippen molar-refractivity contribution < 1.29 is 24.6 Å². The largest absolute Gasteiger partial charge is 0.481 e. The van der Waals surface area contributed by atoms with Crippen molar-refractivity contribution in [3.63, 3.8) is 0 Å². The van der Waals surface area contributed by atoms with Gasteiger partial charge < -0.3 is 10.2 Å². The van der Waals surface area contributed by atoms with Gasteiger partial charge in [0.15, 0.2) is 0 Å². The molecular formula is C22H24O5. The minimum absolute atomic E-state index is 0.0634. The molecule has 0 aliphatic heterocycles. The lowest BCUT2D eigenvalue weighted by molar-refractivity contribution is -0.149. The number of hydrogen-bond acceptors (Lipinski definition) is 3. The third-order valence-corrected chi connectivity index (χ3v) is 4.44. The fraction of sp³-hybridized carbons (Fsp3) is 0.318. The number of aliphatic carboxylic acids is 2. The van der Waals surface area contributed by atoms with Gasteiger partial charge in [0, 0.05) is 12.8 Å². The van der Waals surface area contributed by atoms with Crippen LogP contribution >= 0.6 is 0 Å². The van der Waals surface area contributed by atoms with Gasteiger partial charge in [-0.15, -0.1) is 0 Å². The predicted molar refractivity (Wildman–Crippen MR) is 104 cm³/mol. The maximum atomic E-state index is 12.0. The van der Waals surface area contributed by atoms with Crippen LogP contribution in [0, 0.1) is 11.8 Å². The van der Waals surface area contributed by atoms with Crippen LogP contribution in [0.25, 0.3) is 16.8 Å². The quantitative estimate of drug-likeness (QED) is 0.648. The Labute approximate surface area is 158 Å². The Kier molecular flexibility index (Phi) is 7.29. The maximum absolute atomic E-state index is 12.0. The number of benzene rings is 2. The van der Waals surface area contributed by atoms with Gasteiger partial charge in [-0.05, 0) is 34.7 Å². The molecule has 142 valence electrons. The third kappa shape index (κ3) is 6.70. The second-order valence-electron chi connectivity index (χ2n) is 6.93. The molecule has 0 bridgehead atoms. The Morgan fingerprint density at radius 1 is 0.963 bits per heavy atom. The number of carbonyl (C=O) groups is 3. The van der Waals surface area contributed by atoms with Crippen molar-refractivity contribution in [2.45, 2.75) is 32.6 Å². The molecule has 0 saturated carbocycles. The number of rotatable bonds is 10. The van der Waals surface area contributed by atoms with Crippen LogP contribution in [0.3, 0.4) is 0 Å². The van der Waals surface area contributed by atoms with Crippen molar-refractivity contribution in [3.8, 4) is 0 Å². The van der Waals surface area contributed by atoms with Crippen molar-refractivity contribution in [3.05, 3.63) is 54.1 Å². The van der Waals surface area contributed by atoms with Crippen LogP contribution in [-0.4, -0.2) is 27.9 Å². The Balaban J connectivity index is 1.85. The smallest absolute Gasteiger partial charge is 0.307 e. The van der Waals surface area contributed by atoms with Gasteiger partial charge >= 0.3 is 11.9 Å². The van der Waals surface area contributed by atoms with Crippen LogP contribution in [0.5, 0.6) is 0 Å². The van der Waals surface area contributed by atoms with Crippen molar-refractivity contribution in [2.24, 2.45) is 11.8 Å². The number of hydrogen-bond donors (Lipinski definition) is 2. The molecule has 2 N–H and O–H groups in total. The molecule has 5 heteroatoms. The van der Waals surface area contributed by atoms with Crippen LogP contribution < -0.4 is 0 Å². The standard InChI is InChI=1S/C22H24O5/c1-15(11-20(23)13-19(22(26)27)14-21(24)25)5-4-6-16-9-10-17-7-2-3-8-18(17)12-16/h2-4,6-10,12,15,19H,5,11,13-14H2,1H3,(H,24,25)(H,26,27)/b6-4+/t15-,19-/m0/s1. The Morgan fingerprint density at radius 3 is 2.33 bits per heavy atom. The number of carbonyl (C=O) groups excluding carboxylic acids is 1. The minimum atomic E-state index is -1.24. The zero-order valence-electron chi connectivity index (χ0n) is 15.3. The summed E-state index contributed by atoms with van der Waals surface area (Å²) in [5.41, 5.74) is 1.08. The van der Waals surface area contributed by atoms with E-state index in [0.29, 0.717) is 6.42 Å². The number of carboxylic acid groups (broad SMARTS) is 2. The van der Waals surface area contributed by atoms with Crippen molar-refractivity contribution in [2.75, 3.05) is 0 Å². The second-order valence-corrected chi connectivity index (χ2v) is 6.93. The zero-order valence-corrected chi connectivity index (χ0v) is 15.3. The molecule has 0 amide bonds. The van der Waals surface area contributed by atoms with E-state index in [-0.39, 0.29) is 24.5 Å². The number of fused-ring (bicyclic) bond motifs is 1. The van der Waals surface area contributed by atoms with Gasteiger partial charge in [0.1, 0.15) is 5.78 Å². The number of carboxylic acids is 2. The molecule has 27 heavy (non-hydrogen) atoms. The normalized spacial score (nSPS) is 13.5. The Hall–Kier alpha value is -2.95. The lowest BCUT2D eigenvalue weighted by Crippen LogP contribution is -2.22. The molecule has 0 unspecified atom stereocenters. The third-order valence-electron chi connectivity index (χ3n) is 4.44. The monoisotopic (exact) mass is 368 g/mol. The maximum Gasteiger partial charge on any atom is 0.307 e. The molecule has 0 aromatic heterocycles. The van der Waals surface area contributed by atoms with Gasteiger partial charge in [-0.2, -0.15) is 0 Å². The summed E-state index contributed by atoms with van der Waals surface area (Å²) < 4.78 is 0. The van der Waals surface area contributed by atoms with E-state index in [0.717, 1.165) is 5.56 Å². The van der Waals surface area contributed by atoms with Gasteiger partial charge in [0.25, 0.3) is 0 Å². The highest BCUT2D eigenvalue weighted by molar-refractivity contribution is 5.86. The average molecular weight is 368 g/mol. The molecule has 2 aromatic rings. The van der Waals surface area contributed by atoms with E-state index >= 15 is 0 Å². The summed E-state index contributed by atoms with van der Waals surface area (Å²) in [4.78, 5) is 33.8. The minimum Gasteiger partial charge on any atom is -0.481 e. The van der Waals surface area contributed by atoms with Gasteiger partial charge in [-0.1, -0.05) is 55.5 Å². The Morgan fingerprint density at radius 2 is 1.67 bits per heavy atom. The molecule has 2 rings (SSSR count).